The van der Waals surface area contributed by atoms with Crippen molar-refractivity contribution in [1.29, 1.82) is 0 Å². The fraction of sp³-hybridized carbons (Fsp3) is 0.926. The number of carbonyl (C=O) groups excluding carboxylic acids is 2. The highest BCUT2D eigenvalue weighted by Crippen LogP contribution is 2.45. The maximum Gasteiger partial charge on any atom is 0.237 e. The molecule has 0 aromatic rings. The molecule has 31 heavy (non-hydrogen) atoms. The van der Waals surface area contributed by atoms with E-state index < -0.39 is 5.66 Å². The van der Waals surface area contributed by atoms with Gasteiger partial charge in [-0.05, 0) is 25.2 Å². The zero-order valence-electron chi connectivity index (χ0n) is 20.5. The molecule has 0 aromatic carbocycles. The molecule has 1 fully saturated rings. The van der Waals surface area contributed by atoms with Crippen LogP contribution >= 0.6 is 0 Å². The van der Waals surface area contributed by atoms with Gasteiger partial charge in [-0.3, -0.25) is 0 Å². The summed E-state index contributed by atoms with van der Waals surface area (Å²) in [6.45, 7) is 4.50. The number of rotatable bonds is 19. The third kappa shape index (κ3) is 11.3. The van der Waals surface area contributed by atoms with Gasteiger partial charge in [-0.1, -0.05) is 123 Å². The van der Waals surface area contributed by atoms with Gasteiger partial charge in [0.25, 0.3) is 0 Å². The molecule has 0 bridgehead atoms. The molecule has 1 saturated carbocycles. The van der Waals surface area contributed by atoms with Crippen LogP contribution in [0.15, 0.2) is 9.98 Å². The van der Waals surface area contributed by atoms with Gasteiger partial charge in [0.15, 0.2) is 5.66 Å². The van der Waals surface area contributed by atoms with E-state index in [4.69, 9.17) is 0 Å². The van der Waals surface area contributed by atoms with Crippen LogP contribution in [0, 0.1) is 11.8 Å². The van der Waals surface area contributed by atoms with Crippen molar-refractivity contribution < 1.29 is 9.59 Å². The third-order valence-electron chi connectivity index (χ3n) is 7.31. The lowest BCUT2D eigenvalue weighted by Crippen LogP contribution is -2.41. The SMILES string of the molecule is CCCCCCCCCCCCCC(CCCCC)C1CCCCC1(N=C=O)N=C=O. The Bertz CT molecular complexity index is 517. The minimum Gasteiger partial charge on any atom is -0.211 e. The van der Waals surface area contributed by atoms with Crippen LogP contribution in [0.2, 0.25) is 0 Å². The van der Waals surface area contributed by atoms with E-state index in [0.717, 1.165) is 32.1 Å². The lowest BCUT2D eigenvalue weighted by molar-refractivity contribution is 0.117. The van der Waals surface area contributed by atoms with Crippen molar-refractivity contribution in [3.63, 3.8) is 0 Å². The highest BCUT2D eigenvalue weighted by molar-refractivity contribution is 5.39. The van der Waals surface area contributed by atoms with E-state index in [9.17, 15) is 9.59 Å². The molecule has 0 heterocycles. The predicted molar refractivity (Wildman–Crippen MR) is 130 cm³/mol. The molecule has 0 N–H and O–H groups in total. The standard InChI is InChI=1S/C27H48N2O2/c1-3-5-7-8-9-10-11-12-13-14-16-20-25(19-15-6-4-2)26-21-17-18-22-27(26,28-23-30)29-24-31/h25-26H,3-22H2,1-2H3. The van der Waals surface area contributed by atoms with Crippen LogP contribution < -0.4 is 0 Å². The van der Waals surface area contributed by atoms with E-state index >= 15 is 0 Å². The Morgan fingerprint density at radius 3 is 1.68 bits per heavy atom. The molecule has 0 aliphatic heterocycles. The summed E-state index contributed by atoms with van der Waals surface area (Å²) in [6, 6.07) is 0. The molecule has 4 nitrogen and oxygen atoms in total. The fourth-order valence-corrected chi connectivity index (χ4v) is 5.51. The zero-order chi connectivity index (χ0) is 22.6. The Labute approximate surface area is 191 Å². The first-order valence-electron chi connectivity index (χ1n) is 13.4. The van der Waals surface area contributed by atoms with Crippen LogP contribution in [0.1, 0.15) is 142 Å². The van der Waals surface area contributed by atoms with Crippen molar-refractivity contribution in [2.45, 2.75) is 148 Å². The summed E-state index contributed by atoms with van der Waals surface area (Å²) < 4.78 is 0. The molecule has 1 aliphatic carbocycles. The summed E-state index contributed by atoms with van der Waals surface area (Å²) in [5, 5.41) is 0. The maximum atomic E-state index is 11.2. The Balaban J connectivity index is 2.49. The van der Waals surface area contributed by atoms with Crippen molar-refractivity contribution in [2.75, 3.05) is 0 Å². The number of nitrogens with zero attached hydrogens (tertiary/aromatic N) is 2. The average Bonchev–Trinajstić information content (AvgIpc) is 2.77. The van der Waals surface area contributed by atoms with E-state index in [2.05, 4.69) is 23.8 Å². The Morgan fingerprint density at radius 1 is 0.710 bits per heavy atom. The Morgan fingerprint density at radius 2 is 1.16 bits per heavy atom. The first-order valence-corrected chi connectivity index (χ1v) is 13.4. The van der Waals surface area contributed by atoms with Crippen LogP contribution in [0.25, 0.3) is 0 Å². The normalized spacial score (nSPS) is 21.8. The van der Waals surface area contributed by atoms with E-state index in [1.165, 1.54) is 89.9 Å². The zero-order valence-corrected chi connectivity index (χ0v) is 20.5. The number of hydrogen-bond donors (Lipinski definition) is 0. The fourth-order valence-electron chi connectivity index (χ4n) is 5.51. The van der Waals surface area contributed by atoms with E-state index in [1.54, 1.807) is 12.2 Å². The van der Waals surface area contributed by atoms with Gasteiger partial charge in [0, 0.05) is 5.92 Å². The van der Waals surface area contributed by atoms with Gasteiger partial charge >= 0.3 is 0 Å². The van der Waals surface area contributed by atoms with Crippen LogP contribution in [-0.2, 0) is 9.59 Å². The lowest BCUT2D eigenvalue weighted by atomic mass is 9.69. The number of unbranched alkanes of at least 4 members (excludes halogenated alkanes) is 12. The smallest absolute Gasteiger partial charge is 0.211 e. The molecular formula is C27H48N2O2. The quantitative estimate of drug-likeness (QED) is 0.117. The van der Waals surface area contributed by atoms with Gasteiger partial charge in [0.1, 0.15) is 0 Å². The molecule has 2 atom stereocenters. The maximum absolute atomic E-state index is 11.2. The topological polar surface area (TPSA) is 58.9 Å². The molecule has 0 radical (unpaired) electrons. The van der Waals surface area contributed by atoms with Gasteiger partial charge in [-0.25, -0.2) is 9.59 Å². The Hall–Kier alpha value is -1.24. The third-order valence-corrected chi connectivity index (χ3v) is 7.31. The monoisotopic (exact) mass is 432 g/mol. The lowest BCUT2D eigenvalue weighted by Gasteiger charge is -2.40. The minimum atomic E-state index is -0.892. The van der Waals surface area contributed by atoms with Crippen LogP contribution in [0.5, 0.6) is 0 Å². The molecule has 0 spiro atoms. The summed E-state index contributed by atoms with van der Waals surface area (Å²) >= 11 is 0. The molecule has 1 rings (SSSR count). The first-order chi connectivity index (χ1) is 15.2. The van der Waals surface area contributed by atoms with Crippen molar-refractivity contribution in [3.8, 4) is 0 Å². The van der Waals surface area contributed by atoms with Crippen molar-refractivity contribution >= 4 is 12.2 Å². The molecule has 1 aliphatic rings. The molecule has 178 valence electrons. The van der Waals surface area contributed by atoms with Crippen LogP contribution in [0.3, 0.4) is 0 Å². The molecule has 0 aromatic heterocycles. The Kier molecular flexibility index (Phi) is 16.4. The van der Waals surface area contributed by atoms with Gasteiger partial charge in [0.05, 0.1) is 0 Å². The van der Waals surface area contributed by atoms with E-state index in [-0.39, 0.29) is 5.92 Å². The van der Waals surface area contributed by atoms with Crippen molar-refractivity contribution in [2.24, 2.45) is 21.8 Å². The van der Waals surface area contributed by atoms with E-state index in [0.29, 0.717) is 12.3 Å². The largest absolute Gasteiger partial charge is 0.237 e. The molecule has 0 amide bonds. The summed E-state index contributed by atoms with van der Waals surface area (Å²) in [6.07, 6.45) is 28.1. The predicted octanol–water partition coefficient (Wildman–Crippen LogP) is 8.44. The average molecular weight is 433 g/mol. The summed E-state index contributed by atoms with van der Waals surface area (Å²) in [5.41, 5.74) is -0.892. The molecule has 2 unspecified atom stereocenters. The molecule has 0 saturated heterocycles. The van der Waals surface area contributed by atoms with Crippen LogP contribution in [-0.4, -0.2) is 17.8 Å². The molecular weight excluding hydrogens is 384 g/mol. The van der Waals surface area contributed by atoms with E-state index in [1.807, 2.05) is 0 Å². The number of aliphatic imine (C=N–C) groups is 2. The van der Waals surface area contributed by atoms with Gasteiger partial charge in [-0.15, -0.1) is 0 Å². The molecule has 4 heteroatoms. The first kappa shape index (κ1) is 27.8. The number of isocyanates is 2. The second kappa shape index (κ2) is 18.3. The summed E-state index contributed by atoms with van der Waals surface area (Å²) in [7, 11) is 0. The second-order valence-electron chi connectivity index (χ2n) is 9.72. The second-order valence-corrected chi connectivity index (χ2v) is 9.72. The highest BCUT2D eigenvalue weighted by atomic mass is 16.1. The van der Waals surface area contributed by atoms with Crippen LogP contribution in [0.4, 0.5) is 0 Å². The number of hydrogen-bond acceptors (Lipinski definition) is 4. The van der Waals surface area contributed by atoms with Gasteiger partial charge in [0.2, 0.25) is 12.2 Å². The van der Waals surface area contributed by atoms with Gasteiger partial charge < -0.3 is 0 Å². The van der Waals surface area contributed by atoms with Crippen molar-refractivity contribution in [1.82, 2.24) is 0 Å². The summed E-state index contributed by atoms with van der Waals surface area (Å²) in [4.78, 5) is 30.5. The minimum absolute atomic E-state index is 0.184. The summed E-state index contributed by atoms with van der Waals surface area (Å²) in [5.74, 6) is 0.670. The van der Waals surface area contributed by atoms with Crippen molar-refractivity contribution in [3.05, 3.63) is 0 Å². The van der Waals surface area contributed by atoms with Gasteiger partial charge in [-0.2, -0.15) is 9.98 Å². The highest BCUT2D eigenvalue weighted by Gasteiger charge is 2.44.